The number of nitrogens with zero attached hydrogens (tertiary/aromatic N) is 3. The highest BCUT2D eigenvalue weighted by molar-refractivity contribution is 5.94. The van der Waals surface area contributed by atoms with E-state index in [1.165, 1.54) is 5.56 Å². The monoisotopic (exact) mass is 425 g/mol. The van der Waals surface area contributed by atoms with Gasteiger partial charge in [-0.15, -0.1) is 0 Å². The van der Waals surface area contributed by atoms with Crippen LogP contribution in [-0.4, -0.2) is 62.2 Å². The second-order valence-electron chi connectivity index (χ2n) is 7.75. The van der Waals surface area contributed by atoms with Gasteiger partial charge in [0.1, 0.15) is 11.5 Å². The van der Waals surface area contributed by atoms with Crippen molar-refractivity contribution in [3.05, 3.63) is 53.6 Å². The molecule has 0 saturated carbocycles. The summed E-state index contributed by atoms with van der Waals surface area (Å²) in [6.45, 7) is 11.1. The van der Waals surface area contributed by atoms with Crippen LogP contribution in [0.3, 0.4) is 0 Å². The van der Waals surface area contributed by atoms with Crippen molar-refractivity contribution >= 4 is 11.6 Å². The minimum absolute atomic E-state index is 0.344. The molecule has 2 aromatic carbocycles. The van der Waals surface area contributed by atoms with Gasteiger partial charge in [-0.3, -0.25) is 4.90 Å². The Morgan fingerprint density at radius 1 is 0.968 bits per heavy atom. The van der Waals surface area contributed by atoms with Crippen LogP contribution in [0, 0.1) is 0 Å². The molecule has 1 aliphatic heterocycles. The number of nitrogens with one attached hydrogen (secondary N) is 1. The standard InChI is InChI=1S/C24H35N5O2/c1-4-30-21-10-11-23(31-5-2)22(16-21)27-24(25)26-17-19-6-8-20(9-7-19)18-29-14-12-28(3)13-15-29/h6-11,16H,4-5,12-15,17-18H2,1-3H3,(H3,25,26,27). The number of guanidine groups is 1. The van der Waals surface area contributed by atoms with E-state index in [9.17, 15) is 0 Å². The first-order valence-electron chi connectivity index (χ1n) is 11.0. The van der Waals surface area contributed by atoms with E-state index in [2.05, 4.69) is 51.4 Å². The van der Waals surface area contributed by atoms with E-state index in [1.807, 2.05) is 32.0 Å². The molecule has 7 heteroatoms. The summed E-state index contributed by atoms with van der Waals surface area (Å²) in [4.78, 5) is 9.37. The van der Waals surface area contributed by atoms with Gasteiger partial charge in [0.15, 0.2) is 5.96 Å². The van der Waals surface area contributed by atoms with Gasteiger partial charge in [0.2, 0.25) is 0 Å². The smallest absolute Gasteiger partial charge is 0.193 e. The van der Waals surface area contributed by atoms with Crippen LogP contribution in [0.5, 0.6) is 11.5 Å². The van der Waals surface area contributed by atoms with Crippen LogP contribution in [0.2, 0.25) is 0 Å². The number of hydrogen-bond acceptors (Lipinski definition) is 5. The molecule has 0 atom stereocenters. The number of aliphatic imine (C=N–C) groups is 1. The molecule has 0 spiro atoms. The number of ether oxygens (including phenoxy) is 2. The first-order valence-corrected chi connectivity index (χ1v) is 11.0. The highest BCUT2D eigenvalue weighted by atomic mass is 16.5. The van der Waals surface area contributed by atoms with Gasteiger partial charge in [-0.05, 0) is 44.2 Å². The van der Waals surface area contributed by atoms with Crippen molar-refractivity contribution in [2.45, 2.75) is 26.9 Å². The summed E-state index contributed by atoms with van der Waals surface area (Å²) in [5.41, 5.74) is 9.34. The van der Waals surface area contributed by atoms with Crippen LogP contribution in [0.1, 0.15) is 25.0 Å². The number of piperazine rings is 1. The van der Waals surface area contributed by atoms with Gasteiger partial charge in [0, 0.05) is 38.8 Å². The summed E-state index contributed by atoms with van der Waals surface area (Å²) in [5, 5.41) is 3.15. The minimum Gasteiger partial charge on any atom is -0.494 e. The molecular weight excluding hydrogens is 390 g/mol. The quantitative estimate of drug-likeness (QED) is 0.475. The van der Waals surface area contributed by atoms with Gasteiger partial charge in [-0.1, -0.05) is 24.3 Å². The maximum atomic E-state index is 6.14. The third kappa shape index (κ3) is 7.15. The molecular formula is C24H35N5O2. The van der Waals surface area contributed by atoms with Crippen molar-refractivity contribution in [1.29, 1.82) is 0 Å². The van der Waals surface area contributed by atoms with E-state index >= 15 is 0 Å². The van der Waals surface area contributed by atoms with Gasteiger partial charge >= 0.3 is 0 Å². The number of rotatable bonds is 9. The molecule has 1 fully saturated rings. The van der Waals surface area contributed by atoms with Crippen molar-refractivity contribution in [2.75, 3.05) is 51.8 Å². The van der Waals surface area contributed by atoms with E-state index in [4.69, 9.17) is 15.2 Å². The molecule has 0 radical (unpaired) electrons. The van der Waals surface area contributed by atoms with Crippen LogP contribution in [0.25, 0.3) is 0 Å². The molecule has 1 aliphatic rings. The Labute approximate surface area is 185 Å². The number of hydrogen-bond donors (Lipinski definition) is 2. The van der Waals surface area contributed by atoms with Crippen molar-refractivity contribution in [2.24, 2.45) is 10.7 Å². The molecule has 0 amide bonds. The number of anilines is 1. The van der Waals surface area contributed by atoms with Crippen molar-refractivity contribution in [3.8, 4) is 11.5 Å². The lowest BCUT2D eigenvalue weighted by Crippen LogP contribution is -2.43. The SMILES string of the molecule is CCOc1ccc(OCC)c(NC(N)=NCc2ccc(CN3CCN(C)CC3)cc2)c1. The second-order valence-corrected chi connectivity index (χ2v) is 7.75. The molecule has 3 rings (SSSR count). The molecule has 7 nitrogen and oxygen atoms in total. The predicted molar refractivity (Wildman–Crippen MR) is 127 cm³/mol. The summed E-state index contributed by atoms with van der Waals surface area (Å²) in [6, 6.07) is 14.3. The van der Waals surface area contributed by atoms with Gasteiger partial charge in [0.25, 0.3) is 0 Å². The van der Waals surface area contributed by atoms with E-state index < -0.39 is 0 Å². The first-order chi connectivity index (χ1) is 15.1. The Morgan fingerprint density at radius 2 is 1.65 bits per heavy atom. The summed E-state index contributed by atoms with van der Waals surface area (Å²) in [7, 11) is 2.18. The molecule has 31 heavy (non-hydrogen) atoms. The lowest BCUT2D eigenvalue weighted by atomic mass is 10.1. The topological polar surface area (TPSA) is 75.3 Å². The average Bonchev–Trinajstić information content (AvgIpc) is 2.77. The molecule has 0 aliphatic carbocycles. The fourth-order valence-corrected chi connectivity index (χ4v) is 3.51. The van der Waals surface area contributed by atoms with Crippen molar-refractivity contribution < 1.29 is 9.47 Å². The maximum absolute atomic E-state index is 6.14. The van der Waals surface area contributed by atoms with Gasteiger partial charge in [-0.25, -0.2) is 4.99 Å². The predicted octanol–water partition coefficient (Wildman–Crippen LogP) is 3.16. The highest BCUT2D eigenvalue weighted by Crippen LogP contribution is 2.29. The Kier molecular flexibility index (Phi) is 8.55. The summed E-state index contributed by atoms with van der Waals surface area (Å²) in [5.74, 6) is 1.82. The second kappa shape index (κ2) is 11.6. The zero-order chi connectivity index (χ0) is 22.1. The largest absolute Gasteiger partial charge is 0.494 e. The van der Waals surface area contributed by atoms with Gasteiger partial charge in [0.05, 0.1) is 25.4 Å². The maximum Gasteiger partial charge on any atom is 0.193 e. The van der Waals surface area contributed by atoms with Crippen molar-refractivity contribution in [1.82, 2.24) is 9.80 Å². The fourth-order valence-electron chi connectivity index (χ4n) is 3.51. The first kappa shape index (κ1) is 22.9. The molecule has 0 bridgehead atoms. The van der Waals surface area contributed by atoms with E-state index in [0.29, 0.717) is 25.7 Å². The van der Waals surface area contributed by atoms with Crippen molar-refractivity contribution in [3.63, 3.8) is 0 Å². The van der Waals surface area contributed by atoms with Crippen LogP contribution in [-0.2, 0) is 13.1 Å². The Balaban J connectivity index is 1.57. The molecule has 1 heterocycles. The average molecular weight is 426 g/mol. The number of likely N-dealkylation sites (N-methyl/N-ethyl adjacent to an activating group) is 1. The summed E-state index contributed by atoms with van der Waals surface area (Å²) in [6.07, 6.45) is 0. The Bertz CT molecular complexity index is 846. The van der Waals surface area contributed by atoms with Crippen LogP contribution < -0.4 is 20.5 Å². The van der Waals surface area contributed by atoms with E-state index in [-0.39, 0.29) is 0 Å². The Hall–Kier alpha value is -2.77. The van der Waals surface area contributed by atoms with E-state index in [1.54, 1.807) is 0 Å². The highest BCUT2D eigenvalue weighted by Gasteiger charge is 2.13. The lowest BCUT2D eigenvalue weighted by molar-refractivity contribution is 0.148. The zero-order valence-electron chi connectivity index (χ0n) is 18.9. The normalized spacial score (nSPS) is 15.6. The van der Waals surface area contributed by atoms with Gasteiger partial charge < -0.3 is 25.4 Å². The molecule has 1 saturated heterocycles. The molecule has 3 N–H and O–H groups in total. The summed E-state index contributed by atoms with van der Waals surface area (Å²) < 4.78 is 11.3. The lowest BCUT2D eigenvalue weighted by Gasteiger charge is -2.32. The number of benzene rings is 2. The van der Waals surface area contributed by atoms with Gasteiger partial charge in [-0.2, -0.15) is 0 Å². The molecule has 168 valence electrons. The Morgan fingerprint density at radius 3 is 2.32 bits per heavy atom. The third-order valence-electron chi connectivity index (χ3n) is 5.28. The number of nitrogens with two attached hydrogens (primary N) is 1. The fraction of sp³-hybridized carbons (Fsp3) is 0.458. The third-order valence-corrected chi connectivity index (χ3v) is 5.28. The molecule has 0 aromatic heterocycles. The van der Waals surface area contributed by atoms with Crippen LogP contribution >= 0.6 is 0 Å². The van der Waals surface area contributed by atoms with E-state index in [0.717, 1.165) is 55.5 Å². The minimum atomic E-state index is 0.344. The molecule has 0 unspecified atom stereocenters. The summed E-state index contributed by atoms with van der Waals surface area (Å²) >= 11 is 0. The zero-order valence-corrected chi connectivity index (χ0v) is 18.9. The molecule has 2 aromatic rings. The van der Waals surface area contributed by atoms with Crippen LogP contribution in [0.4, 0.5) is 5.69 Å². The van der Waals surface area contributed by atoms with Crippen LogP contribution in [0.15, 0.2) is 47.5 Å².